The Morgan fingerprint density at radius 2 is 2.19 bits per heavy atom. The Bertz CT molecular complexity index is 740. The molecule has 0 saturated heterocycles. The third kappa shape index (κ3) is 3.14. The number of rotatable bonds is 5. The molecule has 0 amide bonds. The second-order valence-corrected chi connectivity index (χ2v) is 6.97. The van der Waals surface area contributed by atoms with Gasteiger partial charge in [-0.3, -0.25) is 4.21 Å². The standard InChI is InChI=1S/C14H14N2O3S2/c1-9-12(10(2)19-16-9)8-21(17)7-11-6-20-14(15-11)13-4-3-5-18-13/h3-6H,7-8H2,1-2H3. The molecule has 0 aliphatic rings. The number of hydrogen-bond acceptors (Lipinski definition) is 6. The average Bonchev–Trinajstić information content (AvgIpc) is 3.16. The molecule has 0 bridgehead atoms. The Balaban J connectivity index is 1.68. The lowest BCUT2D eigenvalue weighted by molar-refractivity contribution is 0.392. The summed E-state index contributed by atoms with van der Waals surface area (Å²) in [7, 11) is -1.04. The topological polar surface area (TPSA) is 69.1 Å². The van der Waals surface area contributed by atoms with Crippen LogP contribution in [0.5, 0.6) is 0 Å². The van der Waals surface area contributed by atoms with Gasteiger partial charge in [-0.25, -0.2) is 4.98 Å². The van der Waals surface area contributed by atoms with E-state index < -0.39 is 10.8 Å². The Kier molecular flexibility index (Phi) is 4.03. The number of aromatic nitrogens is 2. The highest BCUT2D eigenvalue weighted by Gasteiger charge is 2.14. The predicted octanol–water partition coefficient (Wildman–Crippen LogP) is 3.46. The second kappa shape index (κ2) is 5.95. The molecule has 0 fully saturated rings. The van der Waals surface area contributed by atoms with Gasteiger partial charge in [0.2, 0.25) is 0 Å². The van der Waals surface area contributed by atoms with E-state index in [-0.39, 0.29) is 0 Å². The fourth-order valence-electron chi connectivity index (χ4n) is 1.97. The summed E-state index contributed by atoms with van der Waals surface area (Å²) in [6.45, 7) is 3.70. The summed E-state index contributed by atoms with van der Waals surface area (Å²) in [6, 6.07) is 3.69. The molecule has 1 unspecified atom stereocenters. The number of aryl methyl sites for hydroxylation is 2. The van der Waals surface area contributed by atoms with Crippen LogP contribution in [0, 0.1) is 13.8 Å². The molecule has 0 aliphatic heterocycles. The predicted molar refractivity (Wildman–Crippen MR) is 81.3 cm³/mol. The molecule has 3 heterocycles. The minimum atomic E-state index is -1.04. The highest BCUT2D eigenvalue weighted by molar-refractivity contribution is 7.83. The lowest BCUT2D eigenvalue weighted by Crippen LogP contribution is -2.01. The van der Waals surface area contributed by atoms with E-state index in [0.717, 1.165) is 33.5 Å². The van der Waals surface area contributed by atoms with Gasteiger partial charge in [0.15, 0.2) is 10.8 Å². The van der Waals surface area contributed by atoms with Crippen LogP contribution in [0.4, 0.5) is 0 Å². The molecule has 0 spiro atoms. The molecule has 0 N–H and O–H groups in total. The van der Waals surface area contributed by atoms with E-state index in [1.165, 1.54) is 11.3 Å². The van der Waals surface area contributed by atoms with Crippen molar-refractivity contribution in [3.05, 3.63) is 46.5 Å². The van der Waals surface area contributed by atoms with Crippen molar-refractivity contribution < 1.29 is 13.1 Å². The summed E-state index contributed by atoms with van der Waals surface area (Å²) in [4.78, 5) is 4.46. The fourth-order valence-corrected chi connectivity index (χ4v) is 4.18. The SMILES string of the molecule is Cc1noc(C)c1CS(=O)Cc1csc(-c2ccco2)n1. The third-order valence-corrected chi connectivity index (χ3v) is 5.21. The van der Waals surface area contributed by atoms with Crippen LogP contribution in [0.25, 0.3) is 10.8 Å². The number of thiazole rings is 1. The third-order valence-electron chi connectivity index (χ3n) is 3.08. The first-order valence-corrected chi connectivity index (χ1v) is 8.75. The van der Waals surface area contributed by atoms with Crippen molar-refractivity contribution in [3.63, 3.8) is 0 Å². The smallest absolute Gasteiger partial charge is 0.162 e. The van der Waals surface area contributed by atoms with E-state index in [4.69, 9.17) is 8.94 Å². The molecule has 0 aliphatic carbocycles. The summed E-state index contributed by atoms with van der Waals surface area (Å²) >= 11 is 1.49. The zero-order valence-corrected chi connectivity index (χ0v) is 13.3. The Morgan fingerprint density at radius 3 is 2.86 bits per heavy atom. The van der Waals surface area contributed by atoms with E-state index in [0.29, 0.717) is 11.5 Å². The van der Waals surface area contributed by atoms with Crippen LogP contribution in [0.3, 0.4) is 0 Å². The van der Waals surface area contributed by atoms with E-state index in [1.54, 1.807) is 6.26 Å². The first kappa shape index (κ1) is 14.2. The van der Waals surface area contributed by atoms with E-state index in [2.05, 4.69) is 10.1 Å². The van der Waals surface area contributed by atoms with E-state index in [9.17, 15) is 4.21 Å². The molecule has 1 atom stereocenters. The van der Waals surface area contributed by atoms with Crippen molar-refractivity contribution in [2.45, 2.75) is 25.4 Å². The van der Waals surface area contributed by atoms with Crippen molar-refractivity contribution in [1.29, 1.82) is 0 Å². The van der Waals surface area contributed by atoms with Gasteiger partial charge in [-0.15, -0.1) is 11.3 Å². The van der Waals surface area contributed by atoms with Crippen LogP contribution in [0.15, 0.2) is 32.7 Å². The van der Waals surface area contributed by atoms with E-state index in [1.807, 2.05) is 31.4 Å². The van der Waals surface area contributed by atoms with Crippen LogP contribution < -0.4 is 0 Å². The highest BCUT2D eigenvalue weighted by Crippen LogP contribution is 2.25. The van der Waals surface area contributed by atoms with Gasteiger partial charge < -0.3 is 8.94 Å². The van der Waals surface area contributed by atoms with Gasteiger partial charge in [-0.05, 0) is 26.0 Å². The van der Waals surface area contributed by atoms with Crippen LogP contribution in [-0.2, 0) is 22.3 Å². The summed E-state index contributed by atoms with van der Waals surface area (Å²) in [5.41, 5.74) is 2.54. The zero-order valence-electron chi connectivity index (χ0n) is 11.7. The minimum absolute atomic E-state index is 0.418. The second-order valence-electron chi connectivity index (χ2n) is 4.65. The summed E-state index contributed by atoms with van der Waals surface area (Å²) in [5.74, 6) is 2.33. The van der Waals surface area contributed by atoms with Crippen molar-refractivity contribution in [3.8, 4) is 10.8 Å². The average molecular weight is 322 g/mol. The summed E-state index contributed by atoms with van der Waals surface area (Å²) in [6.07, 6.45) is 1.62. The van der Waals surface area contributed by atoms with Crippen LogP contribution in [-0.4, -0.2) is 14.3 Å². The molecular weight excluding hydrogens is 308 g/mol. The minimum Gasteiger partial charge on any atom is -0.462 e. The van der Waals surface area contributed by atoms with Crippen molar-refractivity contribution in [2.75, 3.05) is 0 Å². The first-order valence-electron chi connectivity index (χ1n) is 6.38. The molecule has 3 aromatic heterocycles. The maximum atomic E-state index is 12.3. The normalized spacial score (nSPS) is 12.7. The van der Waals surface area contributed by atoms with Crippen molar-refractivity contribution in [1.82, 2.24) is 10.1 Å². The van der Waals surface area contributed by atoms with Crippen LogP contribution in [0.2, 0.25) is 0 Å². The highest BCUT2D eigenvalue weighted by atomic mass is 32.2. The van der Waals surface area contributed by atoms with Crippen LogP contribution >= 0.6 is 11.3 Å². The first-order chi connectivity index (χ1) is 10.1. The number of hydrogen-bond donors (Lipinski definition) is 0. The number of furan rings is 1. The summed E-state index contributed by atoms with van der Waals surface area (Å²) in [5, 5.41) is 6.61. The zero-order chi connectivity index (χ0) is 14.8. The maximum Gasteiger partial charge on any atom is 0.162 e. The Morgan fingerprint density at radius 1 is 1.33 bits per heavy atom. The molecule has 3 rings (SSSR count). The maximum absolute atomic E-state index is 12.3. The van der Waals surface area contributed by atoms with Crippen molar-refractivity contribution in [2.24, 2.45) is 0 Å². The van der Waals surface area contributed by atoms with E-state index >= 15 is 0 Å². The lowest BCUT2D eigenvalue weighted by atomic mass is 10.2. The fraction of sp³-hybridized carbons (Fsp3) is 0.286. The molecule has 0 saturated carbocycles. The van der Waals surface area contributed by atoms with Gasteiger partial charge in [0.05, 0.1) is 29.2 Å². The number of nitrogens with zero attached hydrogens (tertiary/aromatic N) is 2. The molecular formula is C14H14N2O3S2. The van der Waals surface area contributed by atoms with Crippen LogP contribution in [0.1, 0.15) is 22.7 Å². The van der Waals surface area contributed by atoms with Gasteiger partial charge in [0, 0.05) is 21.7 Å². The largest absolute Gasteiger partial charge is 0.462 e. The molecule has 21 heavy (non-hydrogen) atoms. The lowest BCUT2D eigenvalue weighted by Gasteiger charge is -1.99. The molecule has 0 aromatic carbocycles. The monoisotopic (exact) mass is 322 g/mol. The van der Waals surface area contributed by atoms with Gasteiger partial charge in [0.25, 0.3) is 0 Å². The Labute approximate surface area is 128 Å². The molecule has 0 radical (unpaired) electrons. The quantitative estimate of drug-likeness (QED) is 0.719. The molecule has 5 nitrogen and oxygen atoms in total. The van der Waals surface area contributed by atoms with Gasteiger partial charge in [0.1, 0.15) is 5.76 Å². The molecule has 3 aromatic rings. The van der Waals surface area contributed by atoms with Gasteiger partial charge in [-0.2, -0.15) is 0 Å². The Hall–Kier alpha value is -1.73. The molecule has 110 valence electrons. The van der Waals surface area contributed by atoms with Gasteiger partial charge >= 0.3 is 0 Å². The van der Waals surface area contributed by atoms with Crippen molar-refractivity contribution >= 4 is 22.1 Å². The van der Waals surface area contributed by atoms with Gasteiger partial charge in [-0.1, -0.05) is 5.16 Å². The molecule has 7 heteroatoms. The summed E-state index contributed by atoms with van der Waals surface area (Å²) < 4.78 is 22.7.